The lowest BCUT2D eigenvalue weighted by Crippen LogP contribution is -2.20. The molecular formula is C15H22FNO. The van der Waals surface area contributed by atoms with Crippen LogP contribution in [0.3, 0.4) is 0 Å². The number of hydrogen-bond donors (Lipinski definition) is 1. The minimum absolute atomic E-state index is 0.147. The fraction of sp³-hybridized carbons (Fsp3) is 0.600. The zero-order valence-corrected chi connectivity index (χ0v) is 10.8. The average Bonchev–Trinajstić information content (AvgIpc) is 2.87. The molecule has 2 rings (SSSR count). The van der Waals surface area contributed by atoms with E-state index in [1.54, 1.807) is 12.1 Å². The van der Waals surface area contributed by atoms with E-state index in [0.717, 1.165) is 44.5 Å². The Kier molecular flexibility index (Phi) is 5.62. The van der Waals surface area contributed by atoms with Gasteiger partial charge in [-0.2, -0.15) is 0 Å². The van der Waals surface area contributed by atoms with Crippen molar-refractivity contribution in [1.29, 1.82) is 0 Å². The zero-order chi connectivity index (χ0) is 12.6. The van der Waals surface area contributed by atoms with Crippen LogP contribution in [0.4, 0.5) is 4.39 Å². The second-order valence-electron chi connectivity index (χ2n) is 4.91. The SMILES string of the molecule is Fc1cccc(CCNCCCC2CCCO2)c1. The first-order valence-electron chi connectivity index (χ1n) is 6.91. The lowest BCUT2D eigenvalue weighted by atomic mass is 10.1. The first-order valence-corrected chi connectivity index (χ1v) is 6.91. The summed E-state index contributed by atoms with van der Waals surface area (Å²) in [5, 5.41) is 3.40. The van der Waals surface area contributed by atoms with Gasteiger partial charge in [0.15, 0.2) is 0 Å². The van der Waals surface area contributed by atoms with Crippen molar-refractivity contribution in [2.75, 3.05) is 19.7 Å². The average molecular weight is 251 g/mol. The molecule has 3 heteroatoms. The van der Waals surface area contributed by atoms with Crippen molar-refractivity contribution in [1.82, 2.24) is 5.32 Å². The van der Waals surface area contributed by atoms with Gasteiger partial charge in [0, 0.05) is 6.61 Å². The van der Waals surface area contributed by atoms with Gasteiger partial charge >= 0.3 is 0 Å². The topological polar surface area (TPSA) is 21.3 Å². The van der Waals surface area contributed by atoms with Crippen LogP contribution in [0.1, 0.15) is 31.2 Å². The molecule has 2 nitrogen and oxygen atoms in total. The molecule has 0 radical (unpaired) electrons. The van der Waals surface area contributed by atoms with E-state index in [2.05, 4.69) is 5.32 Å². The van der Waals surface area contributed by atoms with Crippen molar-refractivity contribution in [2.45, 2.75) is 38.2 Å². The molecule has 1 aromatic rings. The molecule has 1 aromatic carbocycles. The summed E-state index contributed by atoms with van der Waals surface area (Å²) in [5.74, 6) is -0.147. The van der Waals surface area contributed by atoms with Crippen molar-refractivity contribution in [2.24, 2.45) is 0 Å². The Morgan fingerprint density at radius 3 is 3.06 bits per heavy atom. The van der Waals surface area contributed by atoms with Crippen LogP contribution >= 0.6 is 0 Å². The third-order valence-electron chi connectivity index (χ3n) is 3.38. The van der Waals surface area contributed by atoms with Gasteiger partial charge < -0.3 is 10.1 Å². The maximum absolute atomic E-state index is 12.9. The number of halogens is 1. The van der Waals surface area contributed by atoms with E-state index in [9.17, 15) is 4.39 Å². The quantitative estimate of drug-likeness (QED) is 0.752. The summed E-state index contributed by atoms with van der Waals surface area (Å²) in [5.41, 5.74) is 1.06. The minimum Gasteiger partial charge on any atom is -0.378 e. The molecule has 1 aliphatic rings. The highest BCUT2D eigenvalue weighted by molar-refractivity contribution is 5.16. The standard InChI is InChI=1S/C15H22FNO/c16-14-5-1-4-13(12-14)8-10-17-9-2-6-15-7-3-11-18-15/h1,4-5,12,15,17H,2-3,6-11H2. The Bertz CT molecular complexity index is 350. The van der Waals surface area contributed by atoms with Crippen molar-refractivity contribution in [3.8, 4) is 0 Å². The predicted octanol–water partition coefficient (Wildman–Crippen LogP) is 2.92. The number of rotatable bonds is 7. The number of benzene rings is 1. The molecule has 18 heavy (non-hydrogen) atoms. The van der Waals surface area contributed by atoms with Crippen molar-refractivity contribution < 1.29 is 9.13 Å². The third kappa shape index (κ3) is 4.75. The summed E-state index contributed by atoms with van der Waals surface area (Å²) in [6, 6.07) is 6.83. The maximum Gasteiger partial charge on any atom is 0.123 e. The molecule has 100 valence electrons. The molecule has 0 aliphatic carbocycles. The molecule has 1 fully saturated rings. The minimum atomic E-state index is -0.147. The van der Waals surface area contributed by atoms with Gasteiger partial charge in [-0.05, 0) is 62.9 Å². The fourth-order valence-corrected chi connectivity index (χ4v) is 2.38. The normalized spacial score (nSPS) is 19.3. The van der Waals surface area contributed by atoms with E-state index >= 15 is 0 Å². The van der Waals surface area contributed by atoms with Gasteiger partial charge in [-0.25, -0.2) is 4.39 Å². The Balaban J connectivity index is 1.50. The second kappa shape index (κ2) is 7.49. The van der Waals surface area contributed by atoms with Crippen molar-refractivity contribution in [3.63, 3.8) is 0 Å². The molecule has 1 saturated heterocycles. The van der Waals surface area contributed by atoms with Gasteiger partial charge in [0.2, 0.25) is 0 Å². The Hall–Kier alpha value is -0.930. The molecule has 0 spiro atoms. The van der Waals surface area contributed by atoms with E-state index < -0.39 is 0 Å². The van der Waals surface area contributed by atoms with Crippen LogP contribution in [0.2, 0.25) is 0 Å². The maximum atomic E-state index is 12.9. The van der Waals surface area contributed by atoms with E-state index in [1.165, 1.54) is 18.9 Å². The molecule has 1 unspecified atom stereocenters. The van der Waals surface area contributed by atoms with Gasteiger partial charge in [0.25, 0.3) is 0 Å². The molecule has 0 amide bonds. The molecule has 0 aromatic heterocycles. The zero-order valence-electron chi connectivity index (χ0n) is 10.8. The van der Waals surface area contributed by atoms with Crippen molar-refractivity contribution >= 4 is 0 Å². The highest BCUT2D eigenvalue weighted by Crippen LogP contribution is 2.16. The van der Waals surface area contributed by atoms with Crippen LogP contribution in [-0.4, -0.2) is 25.8 Å². The van der Waals surface area contributed by atoms with Crippen LogP contribution < -0.4 is 5.32 Å². The highest BCUT2D eigenvalue weighted by atomic mass is 19.1. The highest BCUT2D eigenvalue weighted by Gasteiger charge is 2.14. The Labute approximate surface area is 109 Å². The third-order valence-corrected chi connectivity index (χ3v) is 3.38. The van der Waals surface area contributed by atoms with Crippen LogP contribution in [0.5, 0.6) is 0 Å². The van der Waals surface area contributed by atoms with Gasteiger partial charge in [0.05, 0.1) is 6.10 Å². The fourth-order valence-electron chi connectivity index (χ4n) is 2.38. The van der Waals surface area contributed by atoms with Crippen LogP contribution in [0, 0.1) is 5.82 Å². The van der Waals surface area contributed by atoms with Crippen LogP contribution in [-0.2, 0) is 11.2 Å². The number of ether oxygens (including phenoxy) is 1. The first-order chi connectivity index (χ1) is 8.84. The molecule has 0 saturated carbocycles. The Morgan fingerprint density at radius 1 is 1.33 bits per heavy atom. The lowest BCUT2D eigenvalue weighted by Gasteiger charge is -2.09. The van der Waals surface area contributed by atoms with Gasteiger partial charge in [-0.15, -0.1) is 0 Å². The molecule has 1 N–H and O–H groups in total. The van der Waals surface area contributed by atoms with E-state index in [1.807, 2.05) is 6.07 Å². The summed E-state index contributed by atoms with van der Waals surface area (Å²) in [4.78, 5) is 0. The molecule has 1 heterocycles. The summed E-state index contributed by atoms with van der Waals surface area (Å²) >= 11 is 0. The second-order valence-corrected chi connectivity index (χ2v) is 4.91. The Morgan fingerprint density at radius 2 is 2.28 bits per heavy atom. The molecule has 1 atom stereocenters. The van der Waals surface area contributed by atoms with Crippen molar-refractivity contribution in [3.05, 3.63) is 35.6 Å². The smallest absolute Gasteiger partial charge is 0.123 e. The van der Waals surface area contributed by atoms with E-state index in [0.29, 0.717) is 6.10 Å². The molecular weight excluding hydrogens is 229 g/mol. The van der Waals surface area contributed by atoms with Crippen LogP contribution in [0.25, 0.3) is 0 Å². The van der Waals surface area contributed by atoms with E-state index in [-0.39, 0.29) is 5.82 Å². The number of hydrogen-bond acceptors (Lipinski definition) is 2. The first kappa shape index (κ1) is 13.5. The van der Waals surface area contributed by atoms with Crippen LogP contribution in [0.15, 0.2) is 24.3 Å². The van der Waals surface area contributed by atoms with Gasteiger partial charge in [-0.1, -0.05) is 12.1 Å². The van der Waals surface area contributed by atoms with Gasteiger partial charge in [-0.3, -0.25) is 0 Å². The number of nitrogens with one attached hydrogen (secondary N) is 1. The monoisotopic (exact) mass is 251 g/mol. The molecule has 1 aliphatic heterocycles. The van der Waals surface area contributed by atoms with Gasteiger partial charge in [0.1, 0.15) is 5.82 Å². The summed E-state index contributed by atoms with van der Waals surface area (Å²) in [7, 11) is 0. The lowest BCUT2D eigenvalue weighted by molar-refractivity contribution is 0.102. The summed E-state index contributed by atoms with van der Waals surface area (Å²) in [6.45, 7) is 2.88. The summed E-state index contributed by atoms with van der Waals surface area (Å²) < 4.78 is 18.5. The predicted molar refractivity (Wildman–Crippen MR) is 71.2 cm³/mol. The largest absolute Gasteiger partial charge is 0.378 e. The van der Waals surface area contributed by atoms with E-state index in [4.69, 9.17) is 4.74 Å². The molecule has 0 bridgehead atoms. The summed E-state index contributed by atoms with van der Waals surface area (Å²) in [6.07, 6.45) is 6.15.